The van der Waals surface area contributed by atoms with E-state index in [1.165, 1.54) is 0 Å². The number of esters is 1. The molecule has 0 bridgehead atoms. The summed E-state index contributed by atoms with van der Waals surface area (Å²) in [6.07, 6.45) is -0.212. The topological polar surface area (TPSA) is 64.3 Å². The number of carbonyl (C=O) groups is 1. The number of imidazole rings is 1. The standard InChI is InChI=1S/C23H20N2O3/c1-15(2)28-23(27)19-8-4-3-7-18(19)22-24-20-9-5-6-10-21(20)25(22)16-11-13-17(26)14-12-16/h3-15,26H,1-2H3. The highest BCUT2D eigenvalue weighted by molar-refractivity contribution is 5.98. The molecule has 0 saturated carbocycles. The van der Waals surface area contributed by atoms with E-state index >= 15 is 0 Å². The summed E-state index contributed by atoms with van der Waals surface area (Å²) in [5, 5.41) is 9.67. The smallest absolute Gasteiger partial charge is 0.339 e. The van der Waals surface area contributed by atoms with Crippen LogP contribution in [0.5, 0.6) is 5.75 Å². The first kappa shape index (κ1) is 17.8. The molecule has 4 aromatic rings. The molecule has 5 heteroatoms. The molecule has 0 unspecified atom stereocenters. The van der Waals surface area contributed by atoms with Crippen LogP contribution in [0.25, 0.3) is 28.1 Å². The molecule has 4 rings (SSSR count). The van der Waals surface area contributed by atoms with Crippen LogP contribution in [0.3, 0.4) is 0 Å². The number of aromatic nitrogens is 2. The Hall–Kier alpha value is -3.60. The van der Waals surface area contributed by atoms with Crippen LogP contribution in [0.1, 0.15) is 24.2 Å². The van der Waals surface area contributed by atoms with Crippen LogP contribution in [0.4, 0.5) is 0 Å². The highest BCUT2D eigenvalue weighted by Gasteiger charge is 2.21. The first-order valence-corrected chi connectivity index (χ1v) is 9.12. The third kappa shape index (κ3) is 3.22. The molecular weight excluding hydrogens is 352 g/mol. The number of hydrogen-bond acceptors (Lipinski definition) is 4. The molecular formula is C23H20N2O3. The SMILES string of the molecule is CC(C)OC(=O)c1ccccc1-c1nc2ccccc2n1-c1ccc(O)cc1. The summed E-state index contributed by atoms with van der Waals surface area (Å²) in [4.78, 5) is 17.5. The molecule has 0 fully saturated rings. The Labute approximate surface area is 162 Å². The van der Waals surface area contributed by atoms with Crippen LogP contribution < -0.4 is 0 Å². The third-order valence-corrected chi connectivity index (χ3v) is 4.40. The number of phenols is 1. The molecule has 0 aliphatic heterocycles. The average molecular weight is 372 g/mol. The number of benzene rings is 3. The van der Waals surface area contributed by atoms with Gasteiger partial charge in [-0.15, -0.1) is 0 Å². The van der Waals surface area contributed by atoms with Crippen molar-refractivity contribution in [2.45, 2.75) is 20.0 Å². The molecule has 1 heterocycles. The number of rotatable bonds is 4. The first-order valence-electron chi connectivity index (χ1n) is 9.12. The molecule has 0 aliphatic carbocycles. The second kappa shape index (κ2) is 7.19. The molecule has 0 radical (unpaired) electrons. The van der Waals surface area contributed by atoms with Gasteiger partial charge >= 0.3 is 5.97 Å². The minimum atomic E-state index is -0.380. The van der Waals surface area contributed by atoms with E-state index in [4.69, 9.17) is 9.72 Å². The molecule has 3 aromatic carbocycles. The lowest BCUT2D eigenvalue weighted by Crippen LogP contribution is -2.13. The van der Waals surface area contributed by atoms with Crippen LogP contribution in [-0.2, 0) is 4.74 Å². The zero-order valence-corrected chi connectivity index (χ0v) is 15.7. The van der Waals surface area contributed by atoms with Crippen LogP contribution in [0.2, 0.25) is 0 Å². The highest BCUT2D eigenvalue weighted by Crippen LogP contribution is 2.31. The lowest BCUT2D eigenvalue weighted by Gasteiger charge is -2.14. The van der Waals surface area contributed by atoms with Crippen LogP contribution >= 0.6 is 0 Å². The molecule has 0 atom stereocenters. The Morgan fingerprint density at radius 2 is 1.64 bits per heavy atom. The number of phenolic OH excluding ortho intramolecular Hbond substituents is 1. The minimum absolute atomic E-state index is 0.190. The van der Waals surface area contributed by atoms with E-state index in [9.17, 15) is 9.90 Å². The van der Waals surface area contributed by atoms with Gasteiger partial charge in [-0.05, 0) is 56.3 Å². The molecule has 1 aromatic heterocycles. The second-order valence-electron chi connectivity index (χ2n) is 6.78. The maximum atomic E-state index is 12.7. The summed E-state index contributed by atoms with van der Waals surface area (Å²) in [7, 11) is 0. The van der Waals surface area contributed by atoms with Crippen LogP contribution in [0, 0.1) is 0 Å². The quantitative estimate of drug-likeness (QED) is 0.514. The predicted octanol–water partition coefficient (Wildman–Crippen LogP) is 4.96. The number of carbonyl (C=O) groups excluding carboxylic acids is 1. The van der Waals surface area contributed by atoms with E-state index in [1.807, 2.05) is 73.0 Å². The van der Waals surface area contributed by atoms with Gasteiger partial charge in [0.2, 0.25) is 0 Å². The maximum Gasteiger partial charge on any atom is 0.339 e. The van der Waals surface area contributed by atoms with Crippen molar-refractivity contribution < 1.29 is 14.6 Å². The fraction of sp³-hybridized carbons (Fsp3) is 0.130. The maximum absolute atomic E-state index is 12.7. The van der Waals surface area contributed by atoms with Gasteiger partial charge in [-0.25, -0.2) is 9.78 Å². The van der Waals surface area contributed by atoms with Gasteiger partial charge in [0, 0.05) is 11.3 Å². The van der Waals surface area contributed by atoms with Crippen molar-refractivity contribution in [3.05, 3.63) is 78.4 Å². The zero-order valence-electron chi connectivity index (χ0n) is 15.7. The summed E-state index contributed by atoms with van der Waals surface area (Å²) < 4.78 is 7.41. The van der Waals surface area contributed by atoms with E-state index < -0.39 is 0 Å². The number of hydrogen-bond donors (Lipinski definition) is 1. The van der Waals surface area contributed by atoms with Crippen molar-refractivity contribution in [2.24, 2.45) is 0 Å². The van der Waals surface area contributed by atoms with Gasteiger partial charge in [-0.3, -0.25) is 4.57 Å². The molecule has 0 saturated heterocycles. The Kier molecular flexibility index (Phi) is 4.57. The number of fused-ring (bicyclic) bond motifs is 1. The average Bonchev–Trinajstić information content (AvgIpc) is 3.07. The minimum Gasteiger partial charge on any atom is -0.508 e. The van der Waals surface area contributed by atoms with E-state index in [0.29, 0.717) is 17.0 Å². The normalized spacial score (nSPS) is 11.1. The van der Waals surface area contributed by atoms with Gasteiger partial charge in [-0.2, -0.15) is 0 Å². The van der Waals surface area contributed by atoms with Crippen molar-refractivity contribution in [3.63, 3.8) is 0 Å². The molecule has 28 heavy (non-hydrogen) atoms. The molecule has 5 nitrogen and oxygen atoms in total. The van der Waals surface area contributed by atoms with E-state index in [-0.39, 0.29) is 17.8 Å². The second-order valence-corrected chi connectivity index (χ2v) is 6.78. The molecule has 1 N–H and O–H groups in total. The van der Waals surface area contributed by atoms with Gasteiger partial charge in [0.1, 0.15) is 11.6 Å². The molecule has 0 amide bonds. The van der Waals surface area contributed by atoms with Crippen molar-refractivity contribution in [3.8, 4) is 22.8 Å². The highest BCUT2D eigenvalue weighted by atomic mass is 16.5. The summed E-state index contributed by atoms with van der Waals surface area (Å²) >= 11 is 0. The predicted molar refractivity (Wildman–Crippen MR) is 109 cm³/mol. The summed E-state index contributed by atoms with van der Waals surface area (Å²) in [5.41, 5.74) is 3.73. The van der Waals surface area contributed by atoms with Crippen molar-refractivity contribution in [1.82, 2.24) is 9.55 Å². The van der Waals surface area contributed by atoms with E-state index in [1.54, 1.807) is 18.2 Å². The van der Waals surface area contributed by atoms with E-state index in [0.717, 1.165) is 16.7 Å². The third-order valence-electron chi connectivity index (χ3n) is 4.40. The van der Waals surface area contributed by atoms with Crippen LogP contribution in [-0.4, -0.2) is 26.7 Å². The molecule has 0 aliphatic rings. The van der Waals surface area contributed by atoms with Crippen molar-refractivity contribution in [2.75, 3.05) is 0 Å². The summed E-state index contributed by atoms with van der Waals surface area (Å²) in [5.74, 6) is 0.453. The van der Waals surface area contributed by atoms with Crippen molar-refractivity contribution in [1.29, 1.82) is 0 Å². The molecule has 0 spiro atoms. The van der Waals surface area contributed by atoms with Gasteiger partial charge in [0.25, 0.3) is 0 Å². The van der Waals surface area contributed by atoms with Gasteiger partial charge < -0.3 is 9.84 Å². The van der Waals surface area contributed by atoms with Crippen molar-refractivity contribution >= 4 is 17.0 Å². The lowest BCUT2D eigenvalue weighted by molar-refractivity contribution is 0.0378. The number of nitrogens with zero attached hydrogens (tertiary/aromatic N) is 2. The Morgan fingerprint density at radius 3 is 2.39 bits per heavy atom. The number of ether oxygens (including phenoxy) is 1. The fourth-order valence-corrected chi connectivity index (χ4v) is 3.20. The lowest BCUT2D eigenvalue weighted by atomic mass is 10.1. The number of aromatic hydroxyl groups is 1. The monoisotopic (exact) mass is 372 g/mol. The first-order chi connectivity index (χ1) is 13.5. The van der Waals surface area contributed by atoms with Gasteiger partial charge in [0.05, 0.1) is 22.7 Å². The number of para-hydroxylation sites is 2. The molecule has 140 valence electrons. The van der Waals surface area contributed by atoms with Crippen LogP contribution in [0.15, 0.2) is 72.8 Å². The Bertz CT molecular complexity index is 1140. The summed E-state index contributed by atoms with van der Waals surface area (Å²) in [6.45, 7) is 3.65. The van der Waals surface area contributed by atoms with Gasteiger partial charge in [-0.1, -0.05) is 30.3 Å². The Morgan fingerprint density at radius 1 is 0.964 bits per heavy atom. The zero-order chi connectivity index (χ0) is 19.7. The summed E-state index contributed by atoms with van der Waals surface area (Å²) in [6, 6.07) is 22.0. The van der Waals surface area contributed by atoms with E-state index in [2.05, 4.69) is 0 Å². The Balaban J connectivity index is 1.97. The fourth-order valence-electron chi connectivity index (χ4n) is 3.20. The largest absolute Gasteiger partial charge is 0.508 e. The van der Waals surface area contributed by atoms with Gasteiger partial charge in [0.15, 0.2) is 0 Å².